The maximum Gasteiger partial charge on any atom is 0.252 e. The van der Waals surface area contributed by atoms with Gasteiger partial charge in [-0.2, -0.15) is 11.3 Å². The topological polar surface area (TPSA) is 46.9 Å². The molecule has 0 fully saturated rings. The molecule has 1 amide bonds. The number of nitrogens with one attached hydrogen (secondary N) is 1. The number of carbonyl (C=O) groups is 1. The summed E-state index contributed by atoms with van der Waals surface area (Å²) in [6, 6.07) is 7.39. The van der Waals surface area contributed by atoms with Gasteiger partial charge >= 0.3 is 0 Å². The summed E-state index contributed by atoms with van der Waals surface area (Å²) in [4.78, 5) is 16.7. The number of nitrogens with zero attached hydrogens (tertiary/aromatic N) is 2. The van der Waals surface area contributed by atoms with Crippen LogP contribution in [-0.4, -0.2) is 15.5 Å². The van der Waals surface area contributed by atoms with E-state index in [1.165, 1.54) is 23.5 Å². The highest BCUT2D eigenvalue weighted by Crippen LogP contribution is 2.21. The Bertz CT molecular complexity index is 765. The van der Waals surface area contributed by atoms with E-state index in [9.17, 15) is 9.18 Å². The predicted molar refractivity (Wildman–Crippen MR) is 83.2 cm³/mol. The van der Waals surface area contributed by atoms with Crippen LogP contribution in [0.15, 0.2) is 53.5 Å². The lowest BCUT2D eigenvalue weighted by Gasteiger charge is -2.19. The fraction of sp³-hybridized carbons (Fsp3) is 0.125. The summed E-state index contributed by atoms with van der Waals surface area (Å²) in [6.07, 6.45) is 3.48. The molecule has 1 aromatic carbocycles. The molecule has 112 valence electrons. The second kappa shape index (κ2) is 6.11. The number of imidazole rings is 1. The van der Waals surface area contributed by atoms with Crippen molar-refractivity contribution in [2.75, 3.05) is 0 Å². The van der Waals surface area contributed by atoms with Crippen molar-refractivity contribution in [3.63, 3.8) is 0 Å². The number of amides is 1. The van der Waals surface area contributed by atoms with Crippen molar-refractivity contribution in [1.29, 1.82) is 0 Å². The molecule has 6 heteroatoms. The molecule has 22 heavy (non-hydrogen) atoms. The van der Waals surface area contributed by atoms with Crippen molar-refractivity contribution < 1.29 is 9.18 Å². The molecule has 0 saturated heterocycles. The van der Waals surface area contributed by atoms with Gasteiger partial charge in [-0.15, -0.1) is 0 Å². The number of hydrogen-bond acceptors (Lipinski definition) is 3. The van der Waals surface area contributed by atoms with Gasteiger partial charge in [-0.25, -0.2) is 9.37 Å². The van der Waals surface area contributed by atoms with Gasteiger partial charge in [0.25, 0.3) is 5.91 Å². The van der Waals surface area contributed by atoms with Crippen molar-refractivity contribution in [2.24, 2.45) is 7.05 Å². The predicted octanol–water partition coefficient (Wildman–Crippen LogP) is 3.14. The number of aryl methyl sites for hydroxylation is 1. The van der Waals surface area contributed by atoms with Gasteiger partial charge in [-0.3, -0.25) is 4.79 Å². The van der Waals surface area contributed by atoms with Crippen LogP contribution < -0.4 is 5.32 Å². The van der Waals surface area contributed by atoms with E-state index < -0.39 is 6.04 Å². The Morgan fingerprint density at radius 3 is 2.68 bits per heavy atom. The van der Waals surface area contributed by atoms with Crippen molar-refractivity contribution in [3.8, 4) is 0 Å². The van der Waals surface area contributed by atoms with E-state index in [1.807, 2.05) is 23.2 Å². The minimum Gasteiger partial charge on any atom is -0.338 e. The van der Waals surface area contributed by atoms with Crippen LogP contribution in [0.2, 0.25) is 0 Å². The zero-order chi connectivity index (χ0) is 15.5. The van der Waals surface area contributed by atoms with E-state index in [2.05, 4.69) is 10.3 Å². The van der Waals surface area contributed by atoms with E-state index >= 15 is 0 Å². The highest BCUT2D eigenvalue weighted by Gasteiger charge is 2.21. The average Bonchev–Trinajstić information content (AvgIpc) is 3.17. The molecular weight excluding hydrogens is 301 g/mol. The third-order valence-electron chi connectivity index (χ3n) is 3.38. The summed E-state index contributed by atoms with van der Waals surface area (Å²) in [7, 11) is 1.86. The number of aromatic nitrogens is 2. The van der Waals surface area contributed by atoms with Crippen LogP contribution in [0.5, 0.6) is 0 Å². The van der Waals surface area contributed by atoms with Gasteiger partial charge in [0.05, 0.1) is 5.56 Å². The van der Waals surface area contributed by atoms with Gasteiger partial charge in [0.2, 0.25) is 0 Å². The van der Waals surface area contributed by atoms with Gasteiger partial charge < -0.3 is 9.88 Å². The molecule has 1 N–H and O–H groups in total. The largest absolute Gasteiger partial charge is 0.338 e. The first-order valence-corrected chi connectivity index (χ1v) is 7.65. The summed E-state index contributed by atoms with van der Waals surface area (Å²) >= 11 is 1.46. The third-order valence-corrected chi connectivity index (χ3v) is 4.06. The van der Waals surface area contributed by atoms with Crippen LogP contribution in [-0.2, 0) is 7.05 Å². The SMILES string of the molecule is Cn1ccnc1[C@@H](NC(=O)c1ccsc1)c1ccc(F)cc1. The van der Waals surface area contributed by atoms with E-state index in [1.54, 1.807) is 29.8 Å². The standard InChI is InChI=1S/C16H14FN3OS/c1-20-8-7-18-15(20)14(11-2-4-13(17)5-3-11)19-16(21)12-6-9-22-10-12/h2-10,14H,1H3,(H,19,21)/t14-/m0/s1. The van der Waals surface area contributed by atoms with Crippen molar-refractivity contribution in [1.82, 2.24) is 14.9 Å². The zero-order valence-electron chi connectivity index (χ0n) is 11.9. The van der Waals surface area contributed by atoms with Gasteiger partial charge in [0.1, 0.15) is 17.7 Å². The molecule has 0 bridgehead atoms. The van der Waals surface area contributed by atoms with E-state index in [0.717, 1.165) is 5.56 Å². The van der Waals surface area contributed by atoms with Crippen LogP contribution in [0.1, 0.15) is 27.8 Å². The lowest BCUT2D eigenvalue weighted by molar-refractivity contribution is 0.0941. The minimum absolute atomic E-state index is 0.182. The highest BCUT2D eigenvalue weighted by atomic mass is 32.1. The molecule has 3 aromatic rings. The van der Waals surface area contributed by atoms with Crippen LogP contribution in [0, 0.1) is 5.82 Å². The number of thiophene rings is 1. The second-order valence-corrected chi connectivity index (χ2v) is 5.65. The van der Waals surface area contributed by atoms with E-state index in [-0.39, 0.29) is 11.7 Å². The Hall–Kier alpha value is -2.47. The number of halogens is 1. The maximum atomic E-state index is 13.2. The van der Waals surface area contributed by atoms with E-state index in [0.29, 0.717) is 11.4 Å². The smallest absolute Gasteiger partial charge is 0.252 e. The maximum absolute atomic E-state index is 13.2. The zero-order valence-corrected chi connectivity index (χ0v) is 12.7. The minimum atomic E-state index is -0.437. The summed E-state index contributed by atoms with van der Waals surface area (Å²) in [5, 5.41) is 6.60. The monoisotopic (exact) mass is 315 g/mol. The van der Waals surface area contributed by atoms with Gasteiger partial charge in [-0.05, 0) is 29.1 Å². The lowest BCUT2D eigenvalue weighted by Crippen LogP contribution is -2.30. The molecular formula is C16H14FN3OS. The average molecular weight is 315 g/mol. The van der Waals surface area contributed by atoms with Crippen molar-refractivity contribution >= 4 is 17.2 Å². The Kier molecular flexibility index (Phi) is 4.02. The fourth-order valence-corrected chi connectivity index (χ4v) is 2.85. The summed E-state index contributed by atoms with van der Waals surface area (Å²) in [5.41, 5.74) is 1.38. The van der Waals surface area contributed by atoms with E-state index in [4.69, 9.17) is 0 Å². The van der Waals surface area contributed by atoms with Gasteiger partial charge in [-0.1, -0.05) is 12.1 Å². The molecule has 0 unspecified atom stereocenters. The van der Waals surface area contributed by atoms with Crippen molar-refractivity contribution in [3.05, 3.63) is 76.3 Å². The molecule has 3 rings (SSSR count). The Morgan fingerprint density at radius 1 is 1.32 bits per heavy atom. The number of hydrogen-bond donors (Lipinski definition) is 1. The number of carbonyl (C=O) groups excluding carboxylic acids is 1. The molecule has 0 aliphatic heterocycles. The fourth-order valence-electron chi connectivity index (χ4n) is 2.22. The van der Waals surface area contributed by atoms with Crippen LogP contribution in [0.3, 0.4) is 0 Å². The summed E-state index contributed by atoms with van der Waals surface area (Å²) < 4.78 is 15.0. The molecule has 0 radical (unpaired) electrons. The Labute approximate surface area is 131 Å². The van der Waals surface area contributed by atoms with Crippen LogP contribution in [0.25, 0.3) is 0 Å². The van der Waals surface area contributed by atoms with Crippen molar-refractivity contribution in [2.45, 2.75) is 6.04 Å². The van der Waals surface area contributed by atoms with Gasteiger partial charge in [0, 0.05) is 24.8 Å². The molecule has 0 aliphatic carbocycles. The molecule has 0 aliphatic rings. The van der Waals surface area contributed by atoms with Gasteiger partial charge in [0.15, 0.2) is 0 Å². The lowest BCUT2D eigenvalue weighted by atomic mass is 10.1. The number of benzene rings is 1. The first kappa shape index (κ1) is 14.5. The molecule has 1 atom stereocenters. The first-order valence-electron chi connectivity index (χ1n) is 6.71. The second-order valence-electron chi connectivity index (χ2n) is 4.87. The molecule has 2 aromatic heterocycles. The molecule has 4 nitrogen and oxygen atoms in total. The molecule has 2 heterocycles. The number of rotatable bonds is 4. The van der Waals surface area contributed by atoms with Crippen LogP contribution in [0.4, 0.5) is 4.39 Å². The quantitative estimate of drug-likeness (QED) is 0.804. The Balaban J connectivity index is 1.95. The summed E-state index contributed by atoms with van der Waals surface area (Å²) in [5.74, 6) is 0.195. The normalized spacial score (nSPS) is 12.1. The Morgan fingerprint density at radius 2 is 2.09 bits per heavy atom. The molecule has 0 saturated carbocycles. The third kappa shape index (κ3) is 2.92. The first-order chi connectivity index (χ1) is 10.6. The highest BCUT2D eigenvalue weighted by molar-refractivity contribution is 7.08. The summed E-state index contributed by atoms with van der Waals surface area (Å²) in [6.45, 7) is 0. The van der Waals surface area contributed by atoms with Crippen LogP contribution >= 0.6 is 11.3 Å². The molecule has 0 spiro atoms.